The van der Waals surface area contributed by atoms with Gasteiger partial charge in [-0.05, 0) is 31.2 Å². The van der Waals surface area contributed by atoms with Crippen molar-refractivity contribution in [3.8, 4) is 0 Å². The topological polar surface area (TPSA) is 63.6 Å². The van der Waals surface area contributed by atoms with Gasteiger partial charge in [-0.3, -0.25) is 0 Å². The molecule has 0 amide bonds. The third-order valence-electron chi connectivity index (χ3n) is 2.74. The van der Waals surface area contributed by atoms with Crippen LogP contribution in [0, 0.1) is 6.92 Å². The molecular formula is C14H15NO3S2. The van der Waals surface area contributed by atoms with E-state index in [1.165, 1.54) is 18.4 Å². The minimum absolute atomic E-state index is 0.0496. The van der Waals surface area contributed by atoms with Crippen LogP contribution in [0.4, 0.5) is 0 Å². The fourth-order valence-corrected chi connectivity index (χ4v) is 4.99. The van der Waals surface area contributed by atoms with Gasteiger partial charge in [0.1, 0.15) is 0 Å². The van der Waals surface area contributed by atoms with Crippen LogP contribution in [-0.4, -0.2) is 18.9 Å². The molecule has 0 bridgehead atoms. The first-order valence-electron chi connectivity index (χ1n) is 5.91. The first kappa shape index (κ1) is 14.7. The Labute approximate surface area is 119 Å². The Morgan fingerprint density at radius 3 is 1.90 bits per heavy atom. The largest absolute Gasteiger partial charge is 0.290 e. The zero-order chi connectivity index (χ0) is 14.8. The molecule has 1 atom stereocenters. The van der Waals surface area contributed by atoms with E-state index >= 15 is 0 Å². The van der Waals surface area contributed by atoms with Crippen LogP contribution in [0.5, 0.6) is 0 Å². The van der Waals surface area contributed by atoms with Gasteiger partial charge < -0.3 is 0 Å². The van der Waals surface area contributed by atoms with Gasteiger partial charge in [-0.15, -0.1) is 3.77 Å². The number of nitrogens with zero attached hydrogens (tertiary/aromatic N) is 1. The smallest absolute Gasteiger partial charge is 0.244 e. The van der Waals surface area contributed by atoms with Gasteiger partial charge in [0.25, 0.3) is 10.0 Å². The first-order valence-corrected chi connectivity index (χ1v) is 9.28. The van der Waals surface area contributed by atoms with Crippen LogP contribution in [0.3, 0.4) is 0 Å². The molecule has 0 N–H and O–H groups in total. The summed E-state index contributed by atoms with van der Waals surface area (Å²) in [7, 11) is -6.92. The van der Waals surface area contributed by atoms with Gasteiger partial charge in [0.2, 0.25) is 0 Å². The second-order valence-electron chi connectivity index (χ2n) is 4.48. The quantitative estimate of drug-likeness (QED) is 0.875. The maximum Gasteiger partial charge on any atom is 0.290 e. The molecule has 0 saturated heterocycles. The van der Waals surface area contributed by atoms with Crippen molar-refractivity contribution >= 4 is 19.8 Å². The predicted molar refractivity (Wildman–Crippen MR) is 79.6 cm³/mol. The number of hydrogen-bond donors (Lipinski definition) is 0. The van der Waals surface area contributed by atoms with E-state index in [4.69, 9.17) is 0 Å². The fourth-order valence-electron chi connectivity index (χ4n) is 1.66. The average Bonchev–Trinajstić information content (AvgIpc) is 2.39. The summed E-state index contributed by atoms with van der Waals surface area (Å²) in [6.07, 6.45) is 1.33. The van der Waals surface area contributed by atoms with Crippen molar-refractivity contribution in [3.05, 3.63) is 60.2 Å². The van der Waals surface area contributed by atoms with Gasteiger partial charge in [0.15, 0.2) is 0 Å². The molecule has 0 unspecified atom stereocenters. The standard InChI is InChI=1S/C14H15NO3S2/c1-12-8-10-14(11-9-12)20(17,18)15-19(2,16)13-6-4-3-5-7-13/h3-11H,1-2H3/t19-/m1/s1. The number of hydrogen-bond acceptors (Lipinski definition) is 3. The molecule has 4 nitrogen and oxygen atoms in total. The van der Waals surface area contributed by atoms with E-state index < -0.39 is 19.8 Å². The van der Waals surface area contributed by atoms with Gasteiger partial charge in [-0.1, -0.05) is 35.9 Å². The van der Waals surface area contributed by atoms with Crippen molar-refractivity contribution in [2.75, 3.05) is 6.26 Å². The Bertz CT molecular complexity index is 816. The van der Waals surface area contributed by atoms with Gasteiger partial charge in [0, 0.05) is 11.2 Å². The summed E-state index contributed by atoms with van der Waals surface area (Å²) in [5.74, 6) is 0. The van der Waals surface area contributed by atoms with Crippen LogP contribution >= 0.6 is 0 Å². The van der Waals surface area contributed by atoms with Crippen molar-refractivity contribution in [2.24, 2.45) is 3.77 Å². The summed E-state index contributed by atoms with van der Waals surface area (Å²) in [5, 5.41) is 0. The summed E-state index contributed by atoms with van der Waals surface area (Å²) in [6, 6.07) is 14.7. The third kappa shape index (κ3) is 3.26. The summed E-state index contributed by atoms with van der Waals surface area (Å²) in [4.78, 5) is 0.448. The van der Waals surface area contributed by atoms with Gasteiger partial charge >= 0.3 is 0 Å². The molecule has 2 aromatic rings. The van der Waals surface area contributed by atoms with Crippen LogP contribution < -0.4 is 0 Å². The van der Waals surface area contributed by atoms with Crippen molar-refractivity contribution in [2.45, 2.75) is 16.7 Å². The van der Waals surface area contributed by atoms with E-state index in [9.17, 15) is 12.6 Å². The van der Waals surface area contributed by atoms with Crippen molar-refractivity contribution in [1.29, 1.82) is 0 Å². The van der Waals surface area contributed by atoms with Crippen LogP contribution in [-0.2, 0) is 19.8 Å². The lowest BCUT2D eigenvalue weighted by Crippen LogP contribution is -2.04. The Balaban J connectivity index is 2.53. The lowest BCUT2D eigenvalue weighted by atomic mass is 10.2. The zero-order valence-corrected chi connectivity index (χ0v) is 12.8. The molecule has 0 fully saturated rings. The van der Waals surface area contributed by atoms with Crippen molar-refractivity contribution in [3.63, 3.8) is 0 Å². The lowest BCUT2D eigenvalue weighted by Gasteiger charge is -2.05. The molecule has 0 saturated carbocycles. The molecule has 0 aliphatic rings. The lowest BCUT2D eigenvalue weighted by molar-refractivity contribution is 0.598. The van der Waals surface area contributed by atoms with Crippen LogP contribution in [0.1, 0.15) is 5.56 Å². The highest BCUT2D eigenvalue weighted by atomic mass is 32.3. The SMILES string of the molecule is Cc1ccc(S(=O)(=O)N=[S@](C)(=O)c2ccccc2)cc1. The van der Waals surface area contributed by atoms with E-state index in [0.717, 1.165) is 5.56 Å². The highest BCUT2D eigenvalue weighted by molar-refractivity contribution is 8.03. The van der Waals surface area contributed by atoms with Crippen molar-refractivity contribution < 1.29 is 12.6 Å². The third-order valence-corrected chi connectivity index (χ3v) is 6.68. The highest BCUT2D eigenvalue weighted by Crippen LogP contribution is 2.18. The minimum Gasteiger partial charge on any atom is -0.244 e. The molecule has 0 spiro atoms. The first-order chi connectivity index (χ1) is 9.31. The Hall–Kier alpha value is -1.66. The molecule has 0 aromatic heterocycles. The van der Waals surface area contributed by atoms with Gasteiger partial charge in [-0.25, -0.2) is 4.21 Å². The molecular weight excluding hydrogens is 294 g/mol. The molecule has 106 valence electrons. The average molecular weight is 309 g/mol. The van der Waals surface area contributed by atoms with Gasteiger partial charge in [0.05, 0.1) is 14.6 Å². The van der Waals surface area contributed by atoms with E-state index in [-0.39, 0.29) is 4.90 Å². The second kappa shape index (κ2) is 5.38. The van der Waals surface area contributed by atoms with Crippen LogP contribution in [0.2, 0.25) is 0 Å². The van der Waals surface area contributed by atoms with Crippen LogP contribution in [0.25, 0.3) is 0 Å². The maximum absolute atomic E-state index is 12.5. The van der Waals surface area contributed by atoms with E-state index in [1.54, 1.807) is 42.5 Å². The Kier molecular flexibility index (Phi) is 3.96. The second-order valence-corrected chi connectivity index (χ2v) is 8.57. The van der Waals surface area contributed by atoms with E-state index in [0.29, 0.717) is 4.90 Å². The molecule has 0 heterocycles. The van der Waals surface area contributed by atoms with E-state index in [2.05, 4.69) is 3.77 Å². The van der Waals surface area contributed by atoms with Crippen molar-refractivity contribution in [1.82, 2.24) is 0 Å². The molecule has 0 radical (unpaired) electrons. The number of rotatable bonds is 3. The highest BCUT2D eigenvalue weighted by Gasteiger charge is 2.17. The minimum atomic E-state index is -3.93. The molecule has 2 rings (SSSR count). The molecule has 6 heteroatoms. The number of sulfonamides is 1. The van der Waals surface area contributed by atoms with E-state index in [1.807, 2.05) is 6.92 Å². The molecule has 20 heavy (non-hydrogen) atoms. The molecule has 0 aliphatic heterocycles. The number of benzene rings is 2. The fraction of sp³-hybridized carbons (Fsp3) is 0.143. The monoisotopic (exact) mass is 309 g/mol. The molecule has 2 aromatic carbocycles. The summed E-state index contributed by atoms with van der Waals surface area (Å²) >= 11 is 0. The zero-order valence-electron chi connectivity index (χ0n) is 11.2. The maximum atomic E-state index is 12.5. The van der Waals surface area contributed by atoms with Gasteiger partial charge in [-0.2, -0.15) is 8.42 Å². The summed E-state index contributed by atoms with van der Waals surface area (Å²) < 4.78 is 40.5. The molecule has 0 aliphatic carbocycles. The normalized spacial score (nSPS) is 14.5. The predicted octanol–water partition coefficient (Wildman–Crippen LogP) is 2.84. The van der Waals surface area contributed by atoms with Crippen LogP contribution in [0.15, 0.2) is 68.2 Å². The summed E-state index contributed by atoms with van der Waals surface area (Å²) in [5.41, 5.74) is 0.948. The number of aryl methyl sites for hydroxylation is 1. The Morgan fingerprint density at radius 1 is 0.800 bits per heavy atom. The Morgan fingerprint density at radius 2 is 1.35 bits per heavy atom. The summed E-state index contributed by atoms with van der Waals surface area (Å²) in [6.45, 7) is 1.86.